The van der Waals surface area contributed by atoms with Gasteiger partial charge in [0, 0.05) is 11.3 Å². The topological polar surface area (TPSA) is 151 Å². The maximum atomic E-state index is 12.6. The first-order valence-electron chi connectivity index (χ1n) is 10.7. The molecule has 0 aliphatic carbocycles. The van der Waals surface area contributed by atoms with Gasteiger partial charge in [0.25, 0.3) is 5.91 Å². The third-order valence-electron chi connectivity index (χ3n) is 5.20. The van der Waals surface area contributed by atoms with Crippen molar-refractivity contribution in [2.75, 3.05) is 11.9 Å². The van der Waals surface area contributed by atoms with Crippen LogP contribution in [0.15, 0.2) is 88.1 Å². The van der Waals surface area contributed by atoms with E-state index in [4.69, 9.17) is 19.3 Å². The molecule has 178 valence electrons. The first-order chi connectivity index (χ1) is 17.5. The Morgan fingerprint density at radius 2 is 1.42 bits per heavy atom. The van der Waals surface area contributed by atoms with E-state index < -0.39 is 24.4 Å². The number of nitrogens with one attached hydrogen (secondary N) is 1. The van der Waals surface area contributed by atoms with Crippen molar-refractivity contribution < 1.29 is 28.0 Å². The van der Waals surface area contributed by atoms with Gasteiger partial charge in [-0.3, -0.25) is 9.59 Å². The van der Waals surface area contributed by atoms with Crippen LogP contribution in [0.25, 0.3) is 33.9 Å². The van der Waals surface area contributed by atoms with Gasteiger partial charge in [0.05, 0.1) is 29.1 Å². The minimum Gasteiger partial charge on any atom is -0.463 e. The average Bonchev–Trinajstić information content (AvgIpc) is 3.61. The van der Waals surface area contributed by atoms with Gasteiger partial charge in [-0.1, -0.05) is 0 Å². The normalized spacial score (nSPS) is 10.8. The highest BCUT2D eigenvalue weighted by Gasteiger charge is 2.19. The Morgan fingerprint density at radius 1 is 0.806 bits per heavy atom. The standard InChI is InChI=1S/C26H18N4O6/c27-25(32)15-5-8-17(9-6-15)28-22(31)14-36-26(33)16-7-10-18-19(13-16)30-24(21-4-2-12-35-21)23(29-18)20-3-1-11-34-20/h1-13H,14H2,(H2,27,32)(H,28,31). The van der Waals surface area contributed by atoms with Crippen molar-refractivity contribution in [3.8, 4) is 22.9 Å². The predicted octanol–water partition coefficient (Wildman–Crippen LogP) is 4.04. The summed E-state index contributed by atoms with van der Waals surface area (Å²) in [7, 11) is 0. The van der Waals surface area contributed by atoms with Gasteiger partial charge >= 0.3 is 5.97 Å². The molecule has 0 fully saturated rings. The second-order valence-corrected chi connectivity index (χ2v) is 7.64. The van der Waals surface area contributed by atoms with Gasteiger partial charge in [-0.15, -0.1) is 0 Å². The zero-order chi connectivity index (χ0) is 25.1. The number of carbonyl (C=O) groups excluding carboxylic acids is 3. The van der Waals surface area contributed by atoms with Gasteiger partial charge in [0.15, 0.2) is 18.1 Å². The molecule has 0 bridgehead atoms. The molecular weight excluding hydrogens is 464 g/mol. The van der Waals surface area contributed by atoms with Crippen molar-refractivity contribution in [1.29, 1.82) is 0 Å². The fourth-order valence-corrected chi connectivity index (χ4v) is 3.48. The largest absolute Gasteiger partial charge is 0.463 e. The third kappa shape index (κ3) is 4.68. The molecule has 0 unspecified atom stereocenters. The van der Waals surface area contributed by atoms with E-state index in [9.17, 15) is 14.4 Å². The van der Waals surface area contributed by atoms with Gasteiger partial charge in [-0.05, 0) is 66.7 Å². The number of rotatable bonds is 7. The maximum absolute atomic E-state index is 12.6. The van der Waals surface area contributed by atoms with Crippen LogP contribution in [-0.2, 0) is 9.53 Å². The molecule has 0 saturated carbocycles. The number of esters is 1. The number of aromatic nitrogens is 2. The second kappa shape index (κ2) is 9.55. The molecule has 0 saturated heterocycles. The Morgan fingerprint density at radius 3 is 2.00 bits per heavy atom. The van der Waals surface area contributed by atoms with Crippen molar-refractivity contribution in [2.45, 2.75) is 0 Å². The number of benzene rings is 2. The quantitative estimate of drug-likeness (QED) is 0.330. The monoisotopic (exact) mass is 482 g/mol. The Bertz CT molecular complexity index is 1560. The molecule has 0 aliphatic rings. The van der Waals surface area contributed by atoms with E-state index in [1.54, 1.807) is 36.6 Å². The average molecular weight is 482 g/mol. The SMILES string of the molecule is NC(=O)c1ccc(NC(=O)COC(=O)c2ccc3nc(-c4ccco4)c(-c4ccco4)nc3c2)cc1. The minimum absolute atomic E-state index is 0.201. The number of anilines is 1. The summed E-state index contributed by atoms with van der Waals surface area (Å²) in [5.74, 6) is -0.805. The Balaban J connectivity index is 1.33. The van der Waals surface area contributed by atoms with Crippen molar-refractivity contribution >= 4 is 34.5 Å². The van der Waals surface area contributed by atoms with E-state index in [-0.39, 0.29) is 5.56 Å². The highest BCUT2D eigenvalue weighted by molar-refractivity contribution is 5.98. The van der Waals surface area contributed by atoms with E-state index in [2.05, 4.69) is 15.3 Å². The summed E-state index contributed by atoms with van der Waals surface area (Å²) in [6.45, 7) is -0.505. The van der Waals surface area contributed by atoms with Gasteiger partial charge < -0.3 is 24.6 Å². The number of nitrogens with zero attached hydrogens (tertiary/aromatic N) is 2. The summed E-state index contributed by atoms with van der Waals surface area (Å²) in [5, 5.41) is 2.58. The summed E-state index contributed by atoms with van der Waals surface area (Å²) >= 11 is 0. The number of nitrogens with two attached hydrogens (primary N) is 1. The maximum Gasteiger partial charge on any atom is 0.338 e. The predicted molar refractivity (Wildman–Crippen MR) is 129 cm³/mol. The molecule has 5 rings (SSSR count). The molecule has 0 atom stereocenters. The molecular formula is C26H18N4O6. The van der Waals surface area contributed by atoms with Crippen molar-refractivity contribution in [1.82, 2.24) is 9.97 Å². The van der Waals surface area contributed by atoms with Crippen LogP contribution in [0.4, 0.5) is 5.69 Å². The van der Waals surface area contributed by atoms with Gasteiger partial charge in [-0.2, -0.15) is 0 Å². The third-order valence-corrected chi connectivity index (χ3v) is 5.20. The lowest BCUT2D eigenvalue weighted by Crippen LogP contribution is -2.21. The Labute approximate surface area is 203 Å². The molecule has 36 heavy (non-hydrogen) atoms. The van der Waals surface area contributed by atoms with Crippen LogP contribution in [0, 0.1) is 0 Å². The molecule has 3 aromatic heterocycles. The molecule has 0 spiro atoms. The lowest BCUT2D eigenvalue weighted by molar-refractivity contribution is -0.119. The van der Waals surface area contributed by atoms with Crippen LogP contribution in [0.5, 0.6) is 0 Å². The second-order valence-electron chi connectivity index (χ2n) is 7.64. The molecule has 0 radical (unpaired) electrons. The first kappa shape index (κ1) is 22.5. The Hall–Kier alpha value is -5.25. The molecule has 5 aromatic rings. The van der Waals surface area contributed by atoms with Crippen molar-refractivity contribution in [3.05, 3.63) is 90.4 Å². The number of ether oxygens (including phenoxy) is 1. The first-order valence-corrected chi connectivity index (χ1v) is 10.7. The fraction of sp³-hybridized carbons (Fsp3) is 0.0385. The zero-order valence-corrected chi connectivity index (χ0v) is 18.6. The van der Waals surface area contributed by atoms with Crippen LogP contribution in [0.3, 0.4) is 0 Å². The summed E-state index contributed by atoms with van der Waals surface area (Å²) < 4.78 is 16.2. The summed E-state index contributed by atoms with van der Waals surface area (Å²) in [4.78, 5) is 45.2. The molecule has 10 heteroatoms. The number of fused-ring (bicyclic) bond motifs is 1. The number of hydrogen-bond donors (Lipinski definition) is 2. The number of carbonyl (C=O) groups is 3. The molecule has 2 amide bonds. The zero-order valence-electron chi connectivity index (χ0n) is 18.6. The van der Waals surface area contributed by atoms with Gasteiger partial charge in [0.2, 0.25) is 5.91 Å². The van der Waals surface area contributed by atoms with E-state index in [1.807, 2.05) is 0 Å². The van der Waals surface area contributed by atoms with Crippen molar-refractivity contribution in [2.24, 2.45) is 5.73 Å². The van der Waals surface area contributed by atoms with E-state index in [0.717, 1.165) is 0 Å². The number of furan rings is 2. The smallest absolute Gasteiger partial charge is 0.338 e. The fourth-order valence-electron chi connectivity index (χ4n) is 3.48. The molecule has 3 heterocycles. The Kier molecular flexibility index (Phi) is 5.98. The lowest BCUT2D eigenvalue weighted by Gasteiger charge is -2.09. The highest BCUT2D eigenvalue weighted by atomic mass is 16.5. The van der Waals surface area contributed by atoms with E-state index >= 15 is 0 Å². The van der Waals surface area contributed by atoms with E-state index in [0.29, 0.717) is 45.2 Å². The van der Waals surface area contributed by atoms with Gasteiger partial charge in [-0.25, -0.2) is 14.8 Å². The lowest BCUT2D eigenvalue weighted by atomic mass is 10.1. The molecule has 0 aliphatic heterocycles. The number of amides is 2. The number of primary amides is 1. The van der Waals surface area contributed by atoms with Crippen LogP contribution < -0.4 is 11.1 Å². The summed E-state index contributed by atoms with van der Waals surface area (Å²) in [6.07, 6.45) is 3.07. The van der Waals surface area contributed by atoms with Crippen LogP contribution in [-0.4, -0.2) is 34.4 Å². The van der Waals surface area contributed by atoms with Crippen LogP contribution in [0.1, 0.15) is 20.7 Å². The summed E-state index contributed by atoms with van der Waals surface area (Å²) in [6, 6.07) is 17.7. The molecule has 3 N–H and O–H groups in total. The van der Waals surface area contributed by atoms with Crippen LogP contribution in [0.2, 0.25) is 0 Å². The van der Waals surface area contributed by atoms with Crippen molar-refractivity contribution in [3.63, 3.8) is 0 Å². The minimum atomic E-state index is -0.701. The highest BCUT2D eigenvalue weighted by Crippen LogP contribution is 2.31. The number of hydrogen-bond acceptors (Lipinski definition) is 8. The van der Waals surface area contributed by atoms with Gasteiger partial charge in [0.1, 0.15) is 11.4 Å². The molecule has 2 aromatic carbocycles. The summed E-state index contributed by atoms with van der Waals surface area (Å²) in [5.41, 5.74) is 8.06. The molecule has 10 nitrogen and oxygen atoms in total. The van der Waals surface area contributed by atoms with Crippen LogP contribution >= 0.6 is 0 Å². The van der Waals surface area contributed by atoms with E-state index in [1.165, 1.54) is 42.7 Å².